The number of amides is 1. The molecule has 0 aromatic heterocycles. The van der Waals surface area contributed by atoms with Gasteiger partial charge in [0, 0.05) is 11.0 Å². The lowest BCUT2D eigenvalue weighted by atomic mass is 10.0. The van der Waals surface area contributed by atoms with Crippen LogP contribution in [0.3, 0.4) is 0 Å². The van der Waals surface area contributed by atoms with Crippen LogP contribution in [0.5, 0.6) is 0 Å². The van der Waals surface area contributed by atoms with Gasteiger partial charge in [-0.25, -0.2) is 4.79 Å². The average molecular weight is 437 g/mol. The molecule has 4 rings (SSSR count). The summed E-state index contributed by atoms with van der Waals surface area (Å²) in [5, 5.41) is 3.45. The van der Waals surface area contributed by atoms with Crippen molar-refractivity contribution >= 4 is 33.4 Å². The number of rotatable bonds is 4. The summed E-state index contributed by atoms with van der Waals surface area (Å²) in [7, 11) is 0. The molecule has 3 aromatic carbocycles. The summed E-state index contributed by atoms with van der Waals surface area (Å²) < 4.78 is 6.60. The van der Waals surface area contributed by atoms with Crippen LogP contribution in [0, 0.1) is 0 Å². The van der Waals surface area contributed by atoms with E-state index < -0.39 is 0 Å². The molecule has 1 unspecified atom stereocenters. The Balaban J connectivity index is 1.60. The largest absolute Gasteiger partial charge is 0.444 e. The fourth-order valence-electron chi connectivity index (χ4n) is 3.46. The molecule has 1 amide bonds. The topological polar surface area (TPSA) is 41.6 Å². The molecule has 0 bridgehead atoms. The molecular formula is C23H21BrN2O2. The Kier molecular flexibility index (Phi) is 5.63. The third-order valence-electron chi connectivity index (χ3n) is 4.83. The van der Waals surface area contributed by atoms with Crippen molar-refractivity contribution in [1.82, 2.24) is 0 Å². The predicted octanol–water partition coefficient (Wildman–Crippen LogP) is 5.63. The third-order valence-corrected chi connectivity index (χ3v) is 5.32. The van der Waals surface area contributed by atoms with Crippen molar-refractivity contribution in [3.63, 3.8) is 0 Å². The van der Waals surface area contributed by atoms with E-state index in [0.29, 0.717) is 6.54 Å². The van der Waals surface area contributed by atoms with E-state index in [1.54, 1.807) is 4.90 Å². The van der Waals surface area contributed by atoms with Gasteiger partial charge in [-0.1, -0.05) is 76.6 Å². The van der Waals surface area contributed by atoms with E-state index in [9.17, 15) is 4.79 Å². The summed E-state index contributed by atoms with van der Waals surface area (Å²) in [5.41, 5.74) is 3.93. The fraction of sp³-hybridized carbons (Fsp3) is 0.174. The summed E-state index contributed by atoms with van der Waals surface area (Å²) in [6.07, 6.45) is 0.422. The molecule has 1 atom stereocenters. The molecule has 1 heterocycles. The smallest absolute Gasteiger partial charge is 0.415 e. The highest BCUT2D eigenvalue weighted by molar-refractivity contribution is 9.10. The maximum atomic E-state index is 13.1. The molecule has 0 aliphatic carbocycles. The quantitative estimate of drug-likeness (QED) is 0.575. The van der Waals surface area contributed by atoms with Crippen LogP contribution in [-0.2, 0) is 17.8 Å². The van der Waals surface area contributed by atoms with Gasteiger partial charge >= 0.3 is 6.09 Å². The molecule has 1 aliphatic heterocycles. The van der Waals surface area contributed by atoms with Gasteiger partial charge in [-0.2, -0.15) is 0 Å². The minimum absolute atomic E-state index is 0.0347. The van der Waals surface area contributed by atoms with E-state index >= 15 is 0 Å². The first kappa shape index (κ1) is 18.6. The second-order valence-corrected chi connectivity index (χ2v) is 7.71. The monoisotopic (exact) mass is 436 g/mol. The van der Waals surface area contributed by atoms with Gasteiger partial charge in [0.2, 0.25) is 0 Å². The number of ether oxygens (including phenoxy) is 1. The lowest BCUT2D eigenvalue weighted by molar-refractivity contribution is 0.144. The molecule has 0 radical (unpaired) electrons. The third kappa shape index (κ3) is 4.20. The number of hydrogen-bond acceptors (Lipinski definition) is 3. The number of nitrogens with zero attached hydrogens (tertiary/aromatic N) is 1. The Morgan fingerprint density at radius 3 is 2.39 bits per heavy atom. The highest BCUT2D eigenvalue weighted by Gasteiger charge is 2.32. The SMILES string of the molecule is O=C(OCc1ccccc1)N1c2cc(Br)ccc2NCC1Cc1ccccc1. The maximum Gasteiger partial charge on any atom is 0.415 e. The summed E-state index contributed by atoms with van der Waals surface area (Å²) in [4.78, 5) is 14.9. The molecule has 1 aliphatic rings. The van der Waals surface area contributed by atoms with Gasteiger partial charge in [0.05, 0.1) is 17.4 Å². The van der Waals surface area contributed by atoms with E-state index in [1.807, 2.05) is 66.7 Å². The Morgan fingerprint density at radius 2 is 1.68 bits per heavy atom. The second kappa shape index (κ2) is 8.48. The van der Waals surface area contributed by atoms with E-state index in [2.05, 4.69) is 33.4 Å². The number of hydrogen-bond donors (Lipinski definition) is 1. The molecule has 4 nitrogen and oxygen atoms in total. The Hall–Kier alpha value is -2.79. The zero-order valence-electron chi connectivity index (χ0n) is 15.3. The van der Waals surface area contributed by atoms with Crippen molar-refractivity contribution in [2.75, 3.05) is 16.8 Å². The van der Waals surface area contributed by atoms with Gasteiger partial charge in [0.1, 0.15) is 6.61 Å². The number of carbonyl (C=O) groups is 1. The van der Waals surface area contributed by atoms with Crippen molar-refractivity contribution in [3.05, 3.63) is 94.5 Å². The Bertz CT molecular complexity index is 947. The molecule has 0 fully saturated rings. The lowest BCUT2D eigenvalue weighted by Gasteiger charge is -2.37. The van der Waals surface area contributed by atoms with Crippen LogP contribution in [0.4, 0.5) is 16.2 Å². The highest BCUT2D eigenvalue weighted by Crippen LogP contribution is 2.35. The van der Waals surface area contributed by atoms with Crippen molar-refractivity contribution in [3.8, 4) is 0 Å². The number of fused-ring (bicyclic) bond motifs is 1. The number of carbonyl (C=O) groups excluding carboxylic acids is 1. The van der Waals surface area contributed by atoms with Crippen molar-refractivity contribution < 1.29 is 9.53 Å². The van der Waals surface area contributed by atoms with Crippen molar-refractivity contribution in [2.45, 2.75) is 19.1 Å². The van der Waals surface area contributed by atoms with Crippen molar-refractivity contribution in [1.29, 1.82) is 0 Å². The Morgan fingerprint density at radius 1 is 1.00 bits per heavy atom. The minimum atomic E-state index is -0.328. The molecule has 1 N–H and O–H groups in total. The zero-order chi connectivity index (χ0) is 19.3. The summed E-state index contributed by atoms with van der Waals surface area (Å²) in [6.45, 7) is 0.926. The Labute approximate surface area is 173 Å². The van der Waals surface area contributed by atoms with Gasteiger partial charge in [-0.05, 0) is 35.7 Å². The average Bonchev–Trinajstić information content (AvgIpc) is 2.73. The van der Waals surface area contributed by atoms with Gasteiger partial charge in [0.25, 0.3) is 0 Å². The number of anilines is 2. The van der Waals surface area contributed by atoms with E-state index in [0.717, 1.165) is 27.8 Å². The minimum Gasteiger partial charge on any atom is -0.444 e. The number of halogens is 1. The molecule has 0 saturated heterocycles. The first-order chi connectivity index (χ1) is 13.7. The van der Waals surface area contributed by atoms with Crippen LogP contribution < -0.4 is 10.2 Å². The molecule has 0 spiro atoms. The van der Waals surface area contributed by atoms with Gasteiger partial charge in [0.15, 0.2) is 0 Å². The van der Waals surface area contributed by atoms with Crippen LogP contribution in [-0.4, -0.2) is 18.7 Å². The highest BCUT2D eigenvalue weighted by atomic mass is 79.9. The van der Waals surface area contributed by atoms with Crippen LogP contribution in [0.1, 0.15) is 11.1 Å². The molecule has 3 aromatic rings. The van der Waals surface area contributed by atoms with Crippen LogP contribution >= 0.6 is 15.9 Å². The lowest BCUT2D eigenvalue weighted by Crippen LogP contribution is -2.49. The summed E-state index contributed by atoms with van der Waals surface area (Å²) >= 11 is 3.52. The molecular weight excluding hydrogens is 416 g/mol. The number of nitrogens with one attached hydrogen (secondary N) is 1. The first-order valence-electron chi connectivity index (χ1n) is 9.28. The van der Waals surface area contributed by atoms with Gasteiger partial charge < -0.3 is 10.1 Å². The second-order valence-electron chi connectivity index (χ2n) is 6.80. The van der Waals surface area contributed by atoms with Gasteiger partial charge in [-0.15, -0.1) is 0 Å². The molecule has 142 valence electrons. The van der Waals surface area contributed by atoms with Crippen LogP contribution in [0.2, 0.25) is 0 Å². The van der Waals surface area contributed by atoms with Gasteiger partial charge in [-0.3, -0.25) is 4.90 Å². The van der Waals surface area contributed by atoms with Crippen LogP contribution in [0.25, 0.3) is 0 Å². The maximum absolute atomic E-state index is 13.1. The fourth-order valence-corrected chi connectivity index (χ4v) is 3.80. The van der Waals surface area contributed by atoms with E-state index in [4.69, 9.17) is 4.74 Å². The first-order valence-corrected chi connectivity index (χ1v) is 10.1. The van der Waals surface area contributed by atoms with Crippen molar-refractivity contribution in [2.24, 2.45) is 0 Å². The predicted molar refractivity (Wildman–Crippen MR) is 116 cm³/mol. The zero-order valence-corrected chi connectivity index (χ0v) is 16.9. The van der Waals surface area contributed by atoms with E-state index in [1.165, 1.54) is 5.56 Å². The summed E-state index contributed by atoms with van der Waals surface area (Å²) in [5.74, 6) is 0. The normalized spacial score (nSPS) is 15.5. The van der Waals surface area contributed by atoms with Crippen LogP contribution in [0.15, 0.2) is 83.3 Å². The van der Waals surface area contributed by atoms with E-state index in [-0.39, 0.29) is 18.7 Å². The molecule has 28 heavy (non-hydrogen) atoms. The summed E-state index contributed by atoms with van der Waals surface area (Å²) in [6, 6.07) is 25.8. The standard InChI is InChI=1S/C23H21BrN2O2/c24-19-11-12-21-22(14-19)26(23(27)28-16-18-9-5-2-6-10-18)20(15-25-21)13-17-7-3-1-4-8-17/h1-12,14,20,25H,13,15-16H2. The number of benzene rings is 3. The molecule has 5 heteroatoms. The molecule has 0 saturated carbocycles.